The van der Waals surface area contributed by atoms with Gasteiger partial charge in [-0.3, -0.25) is 4.79 Å². The summed E-state index contributed by atoms with van der Waals surface area (Å²) in [5.41, 5.74) is 4.55. The van der Waals surface area contributed by atoms with Gasteiger partial charge in [-0.2, -0.15) is 0 Å². The van der Waals surface area contributed by atoms with E-state index >= 15 is 0 Å². The van der Waals surface area contributed by atoms with Crippen LogP contribution in [0.3, 0.4) is 0 Å². The van der Waals surface area contributed by atoms with Gasteiger partial charge in [0.15, 0.2) is 5.60 Å². The molecule has 6 heteroatoms. The van der Waals surface area contributed by atoms with Crippen molar-refractivity contribution in [3.63, 3.8) is 0 Å². The van der Waals surface area contributed by atoms with E-state index in [1.807, 2.05) is 12.1 Å². The molecule has 5 rings (SSSR count). The first kappa shape index (κ1) is 19.0. The van der Waals surface area contributed by atoms with Gasteiger partial charge in [0.05, 0.1) is 29.0 Å². The van der Waals surface area contributed by atoms with Gasteiger partial charge in [-0.15, -0.1) is 0 Å². The molecule has 0 unspecified atom stereocenters. The van der Waals surface area contributed by atoms with Crippen LogP contribution >= 0.6 is 0 Å². The largest absolute Gasteiger partial charge is 0.458 e. The van der Waals surface area contributed by atoms with Crippen molar-refractivity contribution < 1.29 is 14.6 Å². The Bertz CT molecular complexity index is 1290. The van der Waals surface area contributed by atoms with E-state index in [0.717, 1.165) is 29.6 Å². The van der Waals surface area contributed by atoms with Gasteiger partial charge in [-0.05, 0) is 42.5 Å². The smallest absolute Gasteiger partial charge is 0.343 e. The highest BCUT2D eigenvalue weighted by atomic mass is 16.6. The minimum atomic E-state index is -1.80. The van der Waals surface area contributed by atoms with Crippen molar-refractivity contribution in [3.05, 3.63) is 62.4 Å². The molecule has 0 aliphatic carbocycles. The Balaban J connectivity index is 1.84. The number of hydrogen-bond donors (Lipinski definition) is 1. The van der Waals surface area contributed by atoms with E-state index in [2.05, 4.69) is 19.9 Å². The van der Waals surface area contributed by atoms with E-state index in [0.29, 0.717) is 23.4 Å². The van der Waals surface area contributed by atoms with Gasteiger partial charge in [0, 0.05) is 16.5 Å². The number of cyclic esters (lactones) is 1. The van der Waals surface area contributed by atoms with Gasteiger partial charge in [0.25, 0.3) is 5.56 Å². The van der Waals surface area contributed by atoms with Gasteiger partial charge >= 0.3 is 5.97 Å². The molecule has 0 saturated carbocycles. The van der Waals surface area contributed by atoms with Crippen LogP contribution in [0.5, 0.6) is 0 Å². The van der Waals surface area contributed by atoms with Gasteiger partial charge in [0.1, 0.15) is 6.61 Å². The number of aromatic nitrogens is 2. The van der Waals surface area contributed by atoms with Crippen LogP contribution in [-0.4, -0.2) is 20.6 Å². The molecule has 0 amide bonds. The molecule has 6 nitrogen and oxygen atoms in total. The van der Waals surface area contributed by atoms with Gasteiger partial charge in [0.2, 0.25) is 0 Å². The molecule has 0 fully saturated rings. The highest BCUT2D eigenvalue weighted by molar-refractivity contribution is 5.91. The second kappa shape index (κ2) is 6.51. The number of fused-ring (bicyclic) bond motifs is 5. The van der Waals surface area contributed by atoms with E-state index in [4.69, 9.17) is 9.72 Å². The molecule has 1 aromatic carbocycles. The Hall–Kier alpha value is -2.99. The number of pyridine rings is 2. The average Bonchev–Trinajstić information content (AvgIpc) is 3.13. The second-order valence-electron chi connectivity index (χ2n) is 8.04. The van der Waals surface area contributed by atoms with Crippen molar-refractivity contribution in [2.75, 3.05) is 0 Å². The lowest BCUT2D eigenvalue weighted by atomic mass is 9.86. The van der Waals surface area contributed by atoms with Crippen LogP contribution in [0.15, 0.2) is 29.1 Å². The molecule has 2 aliphatic heterocycles. The summed E-state index contributed by atoms with van der Waals surface area (Å²) >= 11 is 0. The highest BCUT2D eigenvalue weighted by Crippen LogP contribution is 2.40. The first-order chi connectivity index (χ1) is 14.4. The molecule has 4 heterocycles. The molecule has 2 aliphatic rings. The summed E-state index contributed by atoms with van der Waals surface area (Å²) in [7, 11) is 0. The number of esters is 1. The standard InChI is InChI=1S/C24H24N2O4/c1-4-13-8-7-9-18-20(13)14(5-2)15-11-26-19(21(15)25-18)10-17-16(22(26)27)12-30-23(28)24(17,29)6-3/h7-10,29H,4-6,11-12H2,1-3H3/t24-/m0/s1. The van der Waals surface area contributed by atoms with Crippen molar-refractivity contribution >= 4 is 16.9 Å². The molecule has 154 valence electrons. The molecule has 0 bridgehead atoms. The zero-order valence-corrected chi connectivity index (χ0v) is 17.4. The third-order valence-corrected chi connectivity index (χ3v) is 6.65. The minimum Gasteiger partial charge on any atom is -0.458 e. The van der Waals surface area contributed by atoms with Gasteiger partial charge < -0.3 is 14.4 Å². The molecular weight excluding hydrogens is 380 g/mol. The van der Waals surface area contributed by atoms with E-state index in [9.17, 15) is 14.7 Å². The zero-order valence-electron chi connectivity index (χ0n) is 17.4. The van der Waals surface area contributed by atoms with Crippen molar-refractivity contribution in [1.29, 1.82) is 0 Å². The Morgan fingerprint density at radius 2 is 1.97 bits per heavy atom. The molecule has 0 saturated heterocycles. The first-order valence-electron chi connectivity index (χ1n) is 10.5. The quantitative estimate of drug-likeness (QED) is 0.531. The molecule has 1 N–H and O–H groups in total. The number of rotatable bonds is 3. The number of aryl methyl sites for hydroxylation is 2. The summed E-state index contributed by atoms with van der Waals surface area (Å²) in [5, 5.41) is 12.2. The molecule has 0 spiro atoms. The topological polar surface area (TPSA) is 81.4 Å². The summed E-state index contributed by atoms with van der Waals surface area (Å²) in [6.07, 6.45) is 1.89. The summed E-state index contributed by atoms with van der Waals surface area (Å²) in [6, 6.07) is 7.93. The zero-order chi connectivity index (χ0) is 21.2. The maximum absolute atomic E-state index is 13.3. The lowest BCUT2D eigenvalue weighted by Crippen LogP contribution is -2.44. The third kappa shape index (κ3) is 2.31. The van der Waals surface area contributed by atoms with Crippen molar-refractivity contribution in [2.45, 2.75) is 58.8 Å². The molecule has 2 aromatic heterocycles. The van der Waals surface area contributed by atoms with E-state index < -0.39 is 11.6 Å². The fourth-order valence-corrected chi connectivity index (χ4v) is 4.99. The van der Waals surface area contributed by atoms with E-state index in [-0.39, 0.29) is 18.6 Å². The Kier molecular flexibility index (Phi) is 4.12. The first-order valence-corrected chi connectivity index (χ1v) is 10.5. The Morgan fingerprint density at radius 3 is 2.67 bits per heavy atom. The number of hydrogen-bond acceptors (Lipinski definition) is 5. The fraction of sp³-hybridized carbons (Fsp3) is 0.375. The van der Waals surface area contributed by atoms with E-state index in [1.165, 1.54) is 16.5 Å². The number of carbonyl (C=O) groups excluding carboxylic acids is 1. The second-order valence-corrected chi connectivity index (χ2v) is 8.04. The van der Waals surface area contributed by atoms with Crippen LogP contribution in [-0.2, 0) is 41.1 Å². The fourth-order valence-electron chi connectivity index (χ4n) is 4.99. The van der Waals surface area contributed by atoms with Crippen LogP contribution in [0.25, 0.3) is 22.3 Å². The van der Waals surface area contributed by atoms with Crippen molar-refractivity contribution in [2.24, 2.45) is 0 Å². The van der Waals surface area contributed by atoms with Crippen molar-refractivity contribution in [1.82, 2.24) is 9.55 Å². The molecule has 0 radical (unpaired) electrons. The minimum absolute atomic E-state index is 0.109. The molecular formula is C24H24N2O4. The Labute approximate surface area is 174 Å². The molecule has 3 aromatic rings. The van der Waals surface area contributed by atoms with Crippen LogP contribution in [0, 0.1) is 0 Å². The lowest BCUT2D eigenvalue weighted by Gasteiger charge is -2.31. The summed E-state index contributed by atoms with van der Waals surface area (Å²) in [6.45, 7) is 6.31. The number of benzene rings is 1. The van der Waals surface area contributed by atoms with Crippen LogP contribution in [0.1, 0.15) is 55.0 Å². The van der Waals surface area contributed by atoms with Gasteiger partial charge in [-0.25, -0.2) is 9.78 Å². The Morgan fingerprint density at radius 1 is 1.17 bits per heavy atom. The number of ether oxygens (including phenoxy) is 1. The van der Waals surface area contributed by atoms with Crippen LogP contribution in [0.4, 0.5) is 0 Å². The number of aliphatic hydroxyl groups is 1. The average molecular weight is 404 g/mol. The summed E-state index contributed by atoms with van der Waals surface area (Å²) < 4.78 is 6.85. The molecule has 1 atom stereocenters. The van der Waals surface area contributed by atoms with Gasteiger partial charge in [-0.1, -0.05) is 32.9 Å². The number of nitrogens with zero attached hydrogens (tertiary/aromatic N) is 2. The number of carbonyl (C=O) groups is 1. The van der Waals surface area contributed by atoms with Crippen LogP contribution in [0.2, 0.25) is 0 Å². The van der Waals surface area contributed by atoms with Crippen molar-refractivity contribution in [3.8, 4) is 11.4 Å². The van der Waals surface area contributed by atoms with E-state index in [1.54, 1.807) is 17.6 Å². The van der Waals surface area contributed by atoms with Crippen LogP contribution < -0.4 is 5.56 Å². The normalized spacial score (nSPS) is 19.4. The monoisotopic (exact) mass is 404 g/mol. The summed E-state index contributed by atoms with van der Waals surface area (Å²) in [5.74, 6) is -0.701. The molecule has 30 heavy (non-hydrogen) atoms. The lowest BCUT2D eigenvalue weighted by molar-refractivity contribution is -0.172. The predicted molar refractivity (Wildman–Crippen MR) is 113 cm³/mol. The highest BCUT2D eigenvalue weighted by Gasteiger charge is 2.45. The SMILES string of the molecule is CCc1cccc2nc3c(c(CC)c12)Cn1c-3cc2c(c1=O)COC(=O)[C@]2(O)CC. The summed E-state index contributed by atoms with van der Waals surface area (Å²) in [4.78, 5) is 30.6. The maximum Gasteiger partial charge on any atom is 0.343 e. The predicted octanol–water partition coefficient (Wildman–Crippen LogP) is 3.20. The third-order valence-electron chi connectivity index (χ3n) is 6.65. The maximum atomic E-state index is 13.3.